The predicted octanol–water partition coefficient (Wildman–Crippen LogP) is 2.16. The zero-order valence-corrected chi connectivity index (χ0v) is 14.1. The van der Waals surface area contributed by atoms with Gasteiger partial charge in [0.2, 0.25) is 0 Å². The lowest BCUT2D eigenvalue weighted by atomic mass is 10.1. The van der Waals surface area contributed by atoms with E-state index in [1.54, 1.807) is 42.2 Å². The molecule has 6 nitrogen and oxygen atoms in total. The van der Waals surface area contributed by atoms with E-state index in [1.165, 1.54) is 0 Å². The Kier molecular flexibility index (Phi) is 4.55. The molecule has 3 rings (SSSR count). The first kappa shape index (κ1) is 16.5. The highest BCUT2D eigenvalue weighted by atomic mass is 32.2. The molecular formula is C17H19N3O3S. The van der Waals surface area contributed by atoms with Gasteiger partial charge in [-0.25, -0.2) is 0 Å². The highest BCUT2D eigenvalue weighted by Gasteiger charge is 2.26. The highest BCUT2D eigenvalue weighted by Crippen LogP contribution is 2.31. The van der Waals surface area contributed by atoms with Crippen molar-refractivity contribution in [1.82, 2.24) is 4.72 Å². The van der Waals surface area contributed by atoms with Crippen LogP contribution in [-0.4, -0.2) is 27.4 Å². The Morgan fingerprint density at radius 3 is 2.62 bits per heavy atom. The lowest BCUT2D eigenvalue weighted by molar-refractivity contribution is 0.0989. The molecule has 7 heteroatoms. The van der Waals surface area contributed by atoms with Gasteiger partial charge >= 0.3 is 0 Å². The van der Waals surface area contributed by atoms with Crippen LogP contribution in [-0.2, 0) is 16.6 Å². The lowest BCUT2D eigenvalue weighted by Gasteiger charge is -2.18. The molecule has 24 heavy (non-hydrogen) atoms. The Labute approximate surface area is 141 Å². The third-order valence-electron chi connectivity index (χ3n) is 3.83. The topological polar surface area (TPSA) is 78.5 Å². The van der Waals surface area contributed by atoms with E-state index in [-0.39, 0.29) is 5.91 Å². The Morgan fingerprint density at radius 2 is 1.92 bits per heavy atom. The van der Waals surface area contributed by atoms with E-state index in [1.807, 2.05) is 18.2 Å². The molecule has 2 aromatic rings. The van der Waals surface area contributed by atoms with Crippen molar-refractivity contribution < 1.29 is 13.2 Å². The Hall–Kier alpha value is -2.38. The van der Waals surface area contributed by atoms with Crippen LogP contribution in [0.1, 0.15) is 22.8 Å². The molecule has 0 unspecified atom stereocenters. The summed E-state index contributed by atoms with van der Waals surface area (Å²) in [6.45, 7) is 2.63. The fourth-order valence-electron chi connectivity index (χ4n) is 2.79. The van der Waals surface area contributed by atoms with E-state index < -0.39 is 10.2 Å². The first-order valence-electron chi connectivity index (χ1n) is 7.77. The molecule has 0 saturated heterocycles. The summed E-state index contributed by atoms with van der Waals surface area (Å²) in [4.78, 5) is 14.3. The number of amides is 1. The normalized spacial score (nSPS) is 13.6. The first-order chi connectivity index (χ1) is 11.5. The van der Waals surface area contributed by atoms with Gasteiger partial charge < -0.3 is 4.90 Å². The fourth-order valence-corrected chi connectivity index (χ4v) is 3.68. The van der Waals surface area contributed by atoms with Gasteiger partial charge in [0.15, 0.2) is 0 Å². The summed E-state index contributed by atoms with van der Waals surface area (Å²) >= 11 is 0. The van der Waals surface area contributed by atoms with Crippen molar-refractivity contribution in [3.05, 3.63) is 59.7 Å². The van der Waals surface area contributed by atoms with Gasteiger partial charge in [0.25, 0.3) is 16.1 Å². The molecule has 0 aromatic heterocycles. The zero-order chi connectivity index (χ0) is 17.2. The minimum atomic E-state index is -3.56. The molecule has 0 fully saturated rings. The second-order valence-corrected chi connectivity index (χ2v) is 7.02. The number of carbonyl (C=O) groups is 1. The first-order valence-corrected chi connectivity index (χ1v) is 9.26. The molecule has 2 N–H and O–H groups in total. The van der Waals surface area contributed by atoms with Crippen LogP contribution < -0.4 is 14.3 Å². The Bertz CT molecular complexity index is 851. The SMILES string of the molecule is CCNS(=O)(=O)Nc1ccc2c(c1)CCN2C(=O)c1ccccc1. The maximum absolute atomic E-state index is 12.6. The molecule has 1 heterocycles. The van der Waals surface area contributed by atoms with Crippen LogP contribution in [0.3, 0.4) is 0 Å². The van der Waals surface area contributed by atoms with Gasteiger partial charge in [0, 0.05) is 24.3 Å². The fraction of sp³-hybridized carbons (Fsp3) is 0.235. The molecule has 0 bridgehead atoms. The molecule has 126 valence electrons. The van der Waals surface area contributed by atoms with E-state index in [4.69, 9.17) is 0 Å². The lowest BCUT2D eigenvalue weighted by Crippen LogP contribution is -2.30. The number of fused-ring (bicyclic) bond motifs is 1. The van der Waals surface area contributed by atoms with Crippen LogP contribution in [0, 0.1) is 0 Å². The van der Waals surface area contributed by atoms with Gasteiger partial charge in [-0.1, -0.05) is 25.1 Å². The van der Waals surface area contributed by atoms with Crippen molar-refractivity contribution in [1.29, 1.82) is 0 Å². The molecule has 0 saturated carbocycles. The summed E-state index contributed by atoms with van der Waals surface area (Å²) in [5.41, 5.74) is 2.91. The zero-order valence-electron chi connectivity index (χ0n) is 13.3. The van der Waals surface area contributed by atoms with Crippen molar-refractivity contribution in [2.45, 2.75) is 13.3 Å². The minimum Gasteiger partial charge on any atom is -0.308 e. The van der Waals surface area contributed by atoms with Gasteiger partial charge in [-0.2, -0.15) is 13.1 Å². The number of nitrogens with zero attached hydrogens (tertiary/aromatic N) is 1. The predicted molar refractivity (Wildman–Crippen MR) is 94.5 cm³/mol. The van der Waals surface area contributed by atoms with Crippen LogP contribution in [0.4, 0.5) is 11.4 Å². The number of benzene rings is 2. The summed E-state index contributed by atoms with van der Waals surface area (Å²) < 4.78 is 28.4. The van der Waals surface area contributed by atoms with E-state index in [9.17, 15) is 13.2 Å². The van der Waals surface area contributed by atoms with Crippen molar-refractivity contribution in [2.75, 3.05) is 22.7 Å². The van der Waals surface area contributed by atoms with Crippen molar-refractivity contribution in [2.24, 2.45) is 0 Å². The monoisotopic (exact) mass is 345 g/mol. The van der Waals surface area contributed by atoms with Gasteiger partial charge in [-0.05, 0) is 42.3 Å². The maximum atomic E-state index is 12.6. The van der Waals surface area contributed by atoms with Crippen molar-refractivity contribution >= 4 is 27.5 Å². The maximum Gasteiger partial charge on any atom is 0.299 e. The Balaban J connectivity index is 1.82. The van der Waals surface area contributed by atoms with Gasteiger partial charge in [-0.3, -0.25) is 9.52 Å². The average molecular weight is 345 g/mol. The molecule has 1 amide bonds. The van der Waals surface area contributed by atoms with Gasteiger partial charge in [0.05, 0.1) is 5.69 Å². The second-order valence-electron chi connectivity index (χ2n) is 5.52. The third kappa shape index (κ3) is 3.42. The molecule has 1 aliphatic heterocycles. The molecule has 0 aliphatic carbocycles. The van der Waals surface area contributed by atoms with Crippen molar-refractivity contribution in [3.8, 4) is 0 Å². The molecule has 2 aromatic carbocycles. The van der Waals surface area contributed by atoms with Crippen LogP contribution >= 0.6 is 0 Å². The molecule has 1 aliphatic rings. The van der Waals surface area contributed by atoms with Crippen LogP contribution in [0.25, 0.3) is 0 Å². The number of rotatable bonds is 5. The average Bonchev–Trinajstić information content (AvgIpc) is 2.97. The van der Waals surface area contributed by atoms with Gasteiger partial charge in [0.1, 0.15) is 0 Å². The summed E-state index contributed by atoms with van der Waals surface area (Å²) in [5.74, 6) is -0.0460. The largest absolute Gasteiger partial charge is 0.308 e. The van der Waals surface area contributed by atoms with Crippen LogP contribution in [0.5, 0.6) is 0 Å². The van der Waals surface area contributed by atoms with E-state index in [0.717, 1.165) is 11.3 Å². The minimum absolute atomic E-state index is 0.0460. The number of carbonyl (C=O) groups excluding carboxylic acids is 1. The quantitative estimate of drug-likeness (QED) is 0.871. The molecular weight excluding hydrogens is 326 g/mol. The van der Waals surface area contributed by atoms with Gasteiger partial charge in [-0.15, -0.1) is 0 Å². The standard InChI is InChI=1S/C17H19N3O3S/c1-2-18-24(22,23)19-15-8-9-16-14(12-15)10-11-20(16)17(21)13-6-4-3-5-7-13/h3-9,12,18-19H,2,10-11H2,1H3. The van der Waals surface area contributed by atoms with E-state index in [0.29, 0.717) is 30.8 Å². The summed E-state index contributed by atoms with van der Waals surface area (Å²) in [6, 6.07) is 14.4. The molecule has 0 radical (unpaired) electrons. The summed E-state index contributed by atoms with van der Waals surface area (Å²) in [7, 11) is -3.56. The number of anilines is 2. The highest BCUT2D eigenvalue weighted by molar-refractivity contribution is 7.90. The molecule has 0 spiro atoms. The number of hydrogen-bond acceptors (Lipinski definition) is 3. The van der Waals surface area contributed by atoms with E-state index >= 15 is 0 Å². The number of nitrogens with one attached hydrogen (secondary N) is 2. The van der Waals surface area contributed by atoms with Crippen LogP contribution in [0.2, 0.25) is 0 Å². The second kappa shape index (κ2) is 6.62. The van der Waals surface area contributed by atoms with E-state index in [2.05, 4.69) is 9.44 Å². The van der Waals surface area contributed by atoms with Crippen molar-refractivity contribution in [3.63, 3.8) is 0 Å². The summed E-state index contributed by atoms with van der Waals surface area (Å²) in [6.07, 6.45) is 0.699. The smallest absolute Gasteiger partial charge is 0.299 e. The number of hydrogen-bond donors (Lipinski definition) is 2. The summed E-state index contributed by atoms with van der Waals surface area (Å²) in [5, 5.41) is 0. The molecule has 0 atom stereocenters. The Morgan fingerprint density at radius 1 is 1.17 bits per heavy atom. The van der Waals surface area contributed by atoms with Crippen LogP contribution in [0.15, 0.2) is 48.5 Å². The third-order valence-corrected chi connectivity index (χ3v) is 5.00.